The Hall–Kier alpha value is -1.51. The molecule has 1 N–H and O–H groups in total. The summed E-state index contributed by atoms with van der Waals surface area (Å²) in [5.74, 6) is -0.159. The summed E-state index contributed by atoms with van der Waals surface area (Å²) in [4.78, 5) is 12.0. The van der Waals surface area contributed by atoms with E-state index in [1.807, 2.05) is 37.3 Å². The van der Waals surface area contributed by atoms with E-state index in [2.05, 4.69) is 13.8 Å². The molecular weight excluding hydrogens is 264 g/mol. The van der Waals surface area contributed by atoms with Gasteiger partial charge in [-0.05, 0) is 31.4 Å². The van der Waals surface area contributed by atoms with Crippen LogP contribution in [0, 0.1) is 5.92 Å². The number of hydrogen-bond acceptors (Lipinski definition) is 2. The fourth-order valence-electron chi connectivity index (χ4n) is 2.92. The Kier molecular flexibility index (Phi) is 7.27. The van der Waals surface area contributed by atoms with Crippen LogP contribution in [-0.2, 0) is 4.79 Å². The zero-order valence-corrected chi connectivity index (χ0v) is 13.5. The first kappa shape index (κ1) is 17.5. The van der Waals surface area contributed by atoms with Crippen molar-refractivity contribution in [2.75, 3.05) is 0 Å². The number of rotatable bonds is 10. The molecule has 2 atom stereocenters. The second-order valence-corrected chi connectivity index (χ2v) is 5.59. The van der Waals surface area contributed by atoms with Crippen molar-refractivity contribution in [3.63, 3.8) is 0 Å². The van der Waals surface area contributed by atoms with Gasteiger partial charge in [-0.25, -0.2) is 4.79 Å². The largest absolute Gasteiger partial charge is 0.478 e. The van der Waals surface area contributed by atoms with Gasteiger partial charge in [0.25, 0.3) is 0 Å². The molecule has 0 heterocycles. The molecule has 0 saturated carbocycles. The standard InChI is InChI=1S/C18H28O3/c1-4-7-12-15(11-5-2)18(6-3,17(19)20)21-16-13-9-8-10-14-16/h8-10,13-15H,4-7,11-12H2,1-3H3,(H,19,20). The lowest BCUT2D eigenvalue weighted by atomic mass is 9.78. The van der Waals surface area contributed by atoms with Crippen molar-refractivity contribution >= 4 is 5.97 Å². The molecule has 3 nitrogen and oxygen atoms in total. The van der Waals surface area contributed by atoms with Crippen molar-refractivity contribution in [1.29, 1.82) is 0 Å². The van der Waals surface area contributed by atoms with Crippen molar-refractivity contribution in [2.45, 2.75) is 64.9 Å². The van der Waals surface area contributed by atoms with Gasteiger partial charge in [0.15, 0.2) is 0 Å². The third kappa shape index (κ3) is 4.48. The van der Waals surface area contributed by atoms with Crippen molar-refractivity contribution in [3.05, 3.63) is 30.3 Å². The second kappa shape index (κ2) is 8.71. The third-order valence-corrected chi connectivity index (χ3v) is 4.13. The number of carboxylic acid groups (broad SMARTS) is 1. The van der Waals surface area contributed by atoms with Crippen LogP contribution >= 0.6 is 0 Å². The van der Waals surface area contributed by atoms with E-state index in [0.29, 0.717) is 12.2 Å². The van der Waals surface area contributed by atoms with E-state index in [9.17, 15) is 9.90 Å². The van der Waals surface area contributed by atoms with Crippen LogP contribution in [0.25, 0.3) is 0 Å². The van der Waals surface area contributed by atoms with Gasteiger partial charge in [0, 0.05) is 5.92 Å². The van der Waals surface area contributed by atoms with Crippen LogP contribution in [0.5, 0.6) is 5.75 Å². The van der Waals surface area contributed by atoms with Crippen LogP contribution in [0.2, 0.25) is 0 Å². The average Bonchev–Trinajstić information content (AvgIpc) is 2.50. The van der Waals surface area contributed by atoms with E-state index < -0.39 is 11.6 Å². The number of para-hydroxylation sites is 1. The number of aliphatic carboxylic acids is 1. The van der Waals surface area contributed by atoms with E-state index in [1.54, 1.807) is 0 Å². The Bertz CT molecular complexity index is 416. The van der Waals surface area contributed by atoms with Crippen molar-refractivity contribution < 1.29 is 14.6 Å². The summed E-state index contributed by atoms with van der Waals surface area (Å²) >= 11 is 0. The van der Waals surface area contributed by atoms with Crippen molar-refractivity contribution in [1.82, 2.24) is 0 Å². The average molecular weight is 292 g/mol. The van der Waals surface area contributed by atoms with Crippen molar-refractivity contribution in [2.24, 2.45) is 5.92 Å². The number of ether oxygens (including phenoxy) is 1. The molecule has 0 aromatic heterocycles. The Balaban J connectivity index is 3.07. The Morgan fingerprint density at radius 3 is 2.29 bits per heavy atom. The first-order chi connectivity index (χ1) is 10.1. The summed E-state index contributed by atoms with van der Waals surface area (Å²) in [7, 11) is 0. The number of carboxylic acids is 1. The third-order valence-electron chi connectivity index (χ3n) is 4.13. The molecule has 0 amide bonds. The lowest BCUT2D eigenvalue weighted by Crippen LogP contribution is -2.50. The molecule has 118 valence electrons. The Labute approximate surface area is 128 Å². The van der Waals surface area contributed by atoms with Crippen LogP contribution in [0.1, 0.15) is 59.3 Å². The first-order valence-electron chi connectivity index (χ1n) is 8.08. The number of benzene rings is 1. The molecule has 0 aliphatic rings. The van der Waals surface area contributed by atoms with Crippen LogP contribution in [0.15, 0.2) is 30.3 Å². The summed E-state index contributed by atoms with van der Waals surface area (Å²) in [6.45, 7) is 6.14. The molecule has 0 aliphatic carbocycles. The van der Waals surface area contributed by atoms with E-state index >= 15 is 0 Å². The molecule has 0 aliphatic heterocycles. The lowest BCUT2D eigenvalue weighted by molar-refractivity contribution is -0.162. The summed E-state index contributed by atoms with van der Waals surface area (Å²) in [5, 5.41) is 9.86. The zero-order valence-electron chi connectivity index (χ0n) is 13.5. The van der Waals surface area contributed by atoms with Gasteiger partial charge in [-0.2, -0.15) is 0 Å². The normalized spacial score (nSPS) is 15.2. The van der Waals surface area contributed by atoms with Crippen LogP contribution in [0.4, 0.5) is 0 Å². The summed E-state index contributed by atoms with van der Waals surface area (Å²) in [6.07, 6.45) is 5.35. The molecule has 3 heteroatoms. The zero-order chi connectivity index (χ0) is 15.7. The highest BCUT2D eigenvalue weighted by Gasteiger charge is 2.46. The maximum absolute atomic E-state index is 12.0. The molecule has 21 heavy (non-hydrogen) atoms. The number of hydrogen-bond donors (Lipinski definition) is 1. The van der Waals surface area contributed by atoms with Gasteiger partial charge in [0.1, 0.15) is 5.75 Å². The van der Waals surface area contributed by atoms with Crippen LogP contribution in [0.3, 0.4) is 0 Å². The smallest absolute Gasteiger partial charge is 0.348 e. The highest BCUT2D eigenvalue weighted by atomic mass is 16.5. The fourth-order valence-corrected chi connectivity index (χ4v) is 2.92. The van der Waals surface area contributed by atoms with E-state index in [0.717, 1.165) is 32.1 Å². The van der Waals surface area contributed by atoms with E-state index in [4.69, 9.17) is 4.74 Å². The molecule has 0 fully saturated rings. The molecule has 0 spiro atoms. The topological polar surface area (TPSA) is 46.5 Å². The predicted molar refractivity (Wildman–Crippen MR) is 85.7 cm³/mol. The minimum absolute atomic E-state index is 0.0464. The fraction of sp³-hybridized carbons (Fsp3) is 0.611. The number of carbonyl (C=O) groups is 1. The van der Waals surface area contributed by atoms with Gasteiger partial charge < -0.3 is 9.84 Å². The molecule has 0 saturated heterocycles. The summed E-state index contributed by atoms with van der Waals surface area (Å²) < 4.78 is 6.02. The SMILES string of the molecule is CCCCC(CCC)C(CC)(Oc1ccccc1)C(=O)O. The monoisotopic (exact) mass is 292 g/mol. The van der Waals surface area contributed by atoms with Gasteiger partial charge in [0.2, 0.25) is 5.60 Å². The summed E-state index contributed by atoms with van der Waals surface area (Å²) in [5.41, 5.74) is -1.12. The Morgan fingerprint density at radius 1 is 1.14 bits per heavy atom. The van der Waals surface area contributed by atoms with Crippen LogP contribution < -0.4 is 4.74 Å². The maximum atomic E-state index is 12.0. The lowest BCUT2D eigenvalue weighted by Gasteiger charge is -2.37. The highest BCUT2D eigenvalue weighted by Crippen LogP contribution is 2.35. The predicted octanol–water partition coefficient (Wildman–Crippen LogP) is 4.91. The molecule has 1 aromatic rings. The van der Waals surface area contributed by atoms with E-state index in [-0.39, 0.29) is 5.92 Å². The highest BCUT2D eigenvalue weighted by molar-refractivity contribution is 5.78. The molecule has 1 rings (SSSR count). The van der Waals surface area contributed by atoms with Gasteiger partial charge in [-0.3, -0.25) is 0 Å². The van der Waals surface area contributed by atoms with Crippen LogP contribution in [-0.4, -0.2) is 16.7 Å². The quantitative estimate of drug-likeness (QED) is 0.666. The second-order valence-electron chi connectivity index (χ2n) is 5.59. The molecule has 1 aromatic carbocycles. The Morgan fingerprint density at radius 2 is 1.81 bits per heavy atom. The number of unbranched alkanes of at least 4 members (excludes halogenated alkanes) is 1. The van der Waals surface area contributed by atoms with Gasteiger partial charge >= 0.3 is 5.97 Å². The summed E-state index contributed by atoms with van der Waals surface area (Å²) in [6, 6.07) is 9.31. The van der Waals surface area contributed by atoms with Gasteiger partial charge in [-0.15, -0.1) is 0 Å². The molecular formula is C18H28O3. The van der Waals surface area contributed by atoms with Gasteiger partial charge in [0.05, 0.1) is 0 Å². The first-order valence-corrected chi connectivity index (χ1v) is 8.08. The molecule has 0 radical (unpaired) electrons. The van der Waals surface area contributed by atoms with Crippen molar-refractivity contribution in [3.8, 4) is 5.75 Å². The minimum Gasteiger partial charge on any atom is -0.478 e. The van der Waals surface area contributed by atoms with Gasteiger partial charge in [-0.1, -0.05) is 58.2 Å². The minimum atomic E-state index is -1.12. The maximum Gasteiger partial charge on any atom is 0.348 e. The van der Waals surface area contributed by atoms with E-state index in [1.165, 1.54) is 0 Å². The molecule has 2 unspecified atom stereocenters. The molecule has 0 bridgehead atoms.